The van der Waals surface area contributed by atoms with Gasteiger partial charge in [-0.1, -0.05) is 25.7 Å². The van der Waals surface area contributed by atoms with Gasteiger partial charge in [0, 0.05) is 18.4 Å². The third-order valence-electron chi connectivity index (χ3n) is 3.41. The van der Waals surface area contributed by atoms with Crippen molar-refractivity contribution >= 4 is 11.5 Å². The molecule has 17 heavy (non-hydrogen) atoms. The van der Waals surface area contributed by atoms with E-state index in [9.17, 15) is 0 Å². The molecule has 0 atom stereocenters. The molecule has 2 aromatic heterocycles. The molecule has 5 heteroatoms. The van der Waals surface area contributed by atoms with Crippen LogP contribution >= 0.6 is 0 Å². The highest BCUT2D eigenvalue weighted by molar-refractivity contribution is 5.61. The van der Waals surface area contributed by atoms with Crippen molar-refractivity contribution in [3.05, 3.63) is 18.7 Å². The van der Waals surface area contributed by atoms with Crippen LogP contribution in [0.2, 0.25) is 0 Å². The van der Waals surface area contributed by atoms with Crippen LogP contribution in [-0.2, 0) is 0 Å². The first-order valence-electron chi connectivity index (χ1n) is 6.34. The van der Waals surface area contributed by atoms with Crippen LogP contribution in [-0.4, -0.2) is 25.6 Å². The monoisotopic (exact) mass is 231 g/mol. The fourth-order valence-electron chi connectivity index (χ4n) is 2.48. The molecule has 0 bridgehead atoms. The maximum absolute atomic E-state index is 4.37. The quantitative estimate of drug-likeness (QED) is 0.805. The van der Waals surface area contributed by atoms with Crippen molar-refractivity contribution in [1.82, 2.24) is 19.6 Å². The molecule has 1 aliphatic carbocycles. The van der Waals surface area contributed by atoms with Gasteiger partial charge < -0.3 is 5.32 Å². The maximum Gasteiger partial charge on any atom is 0.203 e. The molecule has 2 aromatic rings. The normalized spacial score (nSPS) is 18.1. The number of aromatic nitrogens is 4. The number of fused-ring (bicyclic) bond motifs is 1. The Morgan fingerprint density at radius 3 is 2.82 bits per heavy atom. The largest absolute Gasteiger partial charge is 0.364 e. The van der Waals surface area contributed by atoms with E-state index in [0.717, 1.165) is 11.5 Å². The molecular formula is C12H17N5. The first-order valence-corrected chi connectivity index (χ1v) is 6.34. The van der Waals surface area contributed by atoms with E-state index >= 15 is 0 Å². The van der Waals surface area contributed by atoms with Crippen molar-refractivity contribution in [1.29, 1.82) is 0 Å². The van der Waals surface area contributed by atoms with Gasteiger partial charge in [0.2, 0.25) is 5.65 Å². The third kappa shape index (κ3) is 2.23. The lowest BCUT2D eigenvalue weighted by Crippen LogP contribution is -2.19. The highest BCUT2D eigenvalue weighted by atomic mass is 15.2. The molecule has 0 spiro atoms. The molecule has 3 rings (SSSR count). The Balaban J connectivity index is 1.81. The van der Waals surface area contributed by atoms with Gasteiger partial charge in [0.25, 0.3) is 0 Å². The number of hydrogen-bond acceptors (Lipinski definition) is 4. The van der Waals surface area contributed by atoms with E-state index in [0.29, 0.717) is 6.04 Å². The molecule has 5 nitrogen and oxygen atoms in total. The Morgan fingerprint density at radius 1 is 1.18 bits per heavy atom. The van der Waals surface area contributed by atoms with E-state index in [2.05, 4.69) is 20.5 Å². The van der Waals surface area contributed by atoms with Gasteiger partial charge in [-0.3, -0.25) is 4.40 Å². The van der Waals surface area contributed by atoms with Crippen molar-refractivity contribution in [3.8, 4) is 0 Å². The van der Waals surface area contributed by atoms with Crippen molar-refractivity contribution in [2.24, 2.45) is 0 Å². The summed E-state index contributed by atoms with van der Waals surface area (Å²) in [5, 5.41) is 11.5. The second kappa shape index (κ2) is 4.69. The molecular weight excluding hydrogens is 214 g/mol. The van der Waals surface area contributed by atoms with Crippen LogP contribution in [0.3, 0.4) is 0 Å². The Kier molecular flexibility index (Phi) is 2.90. The Bertz CT molecular complexity index is 484. The number of nitrogens with zero attached hydrogens (tertiary/aromatic N) is 4. The Hall–Kier alpha value is -1.65. The van der Waals surface area contributed by atoms with Crippen molar-refractivity contribution < 1.29 is 0 Å². The van der Waals surface area contributed by atoms with Gasteiger partial charge >= 0.3 is 0 Å². The zero-order chi connectivity index (χ0) is 11.5. The fourth-order valence-corrected chi connectivity index (χ4v) is 2.48. The molecule has 1 N–H and O–H groups in total. The minimum absolute atomic E-state index is 0.535. The van der Waals surface area contributed by atoms with E-state index in [4.69, 9.17) is 0 Å². The van der Waals surface area contributed by atoms with Gasteiger partial charge in [-0.15, -0.1) is 10.2 Å². The summed E-state index contributed by atoms with van der Waals surface area (Å²) in [7, 11) is 0. The predicted octanol–water partition coefficient (Wildman–Crippen LogP) is 2.26. The van der Waals surface area contributed by atoms with E-state index < -0.39 is 0 Å². The summed E-state index contributed by atoms with van der Waals surface area (Å²) < 4.78 is 1.89. The Labute approximate surface area is 100 Å². The highest BCUT2D eigenvalue weighted by Gasteiger charge is 2.14. The lowest BCUT2D eigenvalue weighted by molar-refractivity contribution is 0.618. The number of anilines is 1. The molecule has 0 aliphatic heterocycles. The first kappa shape index (κ1) is 10.5. The number of nitrogens with one attached hydrogen (secondary N) is 1. The number of rotatable bonds is 2. The van der Waals surface area contributed by atoms with Crippen LogP contribution in [0.25, 0.3) is 5.65 Å². The van der Waals surface area contributed by atoms with E-state index in [1.165, 1.54) is 38.5 Å². The summed E-state index contributed by atoms with van der Waals surface area (Å²) in [6.45, 7) is 0. The smallest absolute Gasteiger partial charge is 0.203 e. The van der Waals surface area contributed by atoms with Gasteiger partial charge in [0.05, 0.1) is 0 Å². The van der Waals surface area contributed by atoms with Crippen LogP contribution < -0.4 is 5.32 Å². The van der Waals surface area contributed by atoms with Crippen LogP contribution in [0.4, 0.5) is 5.82 Å². The standard InChI is InChI=1S/C12H17N5/c1-2-4-6-10(5-3-1)15-11-12-16-14-9-17(12)8-7-13-11/h7-10H,1-6H2,(H,13,15). The first-order chi connectivity index (χ1) is 8.43. The average molecular weight is 231 g/mol. The second-order valence-corrected chi connectivity index (χ2v) is 4.67. The molecule has 1 fully saturated rings. The van der Waals surface area contributed by atoms with Crippen LogP contribution in [0.1, 0.15) is 38.5 Å². The lowest BCUT2D eigenvalue weighted by Gasteiger charge is -2.16. The zero-order valence-electron chi connectivity index (χ0n) is 9.84. The molecule has 1 saturated carbocycles. The van der Waals surface area contributed by atoms with Crippen molar-refractivity contribution in [2.45, 2.75) is 44.6 Å². The molecule has 90 valence electrons. The highest BCUT2D eigenvalue weighted by Crippen LogP contribution is 2.21. The van der Waals surface area contributed by atoms with E-state index in [1.54, 1.807) is 12.5 Å². The topological polar surface area (TPSA) is 55.1 Å². The van der Waals surface area contributed by atoms with Gasteiger partial charge in [0.15, 0.2) is 5.82 Å². The summed E-state index contributed by atoms with van der Waals surface area (Å²) >= 11 is 0. The summed E-state index contributed by atoms with van der Waals surface area (Å²) in [4.78, 5) is 4.37. The van der Waals surface area contributed by atoms with E-state index in [-0.39, 0.29) is 0 Å². The zero-order valence-corrected chi connectivity index (χ0v) is 9.84. The average Bonchev–Trinajstić information content (AvgIpc) is 2.69. The third-order valence-corrected chi connectivity index (χ3v) is 3.41. The molecule has 0 saturated heterocycles. The van der Waals surface area contributed by atoms with Crippen LogP contribution in [0, 0.1) is 0 Å². The molecule has 0 aromatic carbocycles. The molecule has 0 amide bonds. The molecule has 1 aliphatic rings. The minimum Gasteiger partial charge on any atom is -0.364 e. The van der Waals surface area contributed by atoms with E-state index in [1.807, 2.05) is 10.6 Å². The summed E-state index contributed by atoms with van der Waals surface area (Å²) in [5.41, 5.74) is 0.816. The molecule has 0 unspecified atom stereocenters. The van der Waals surface area contributed by atoms with Crippen molar-refractivity contribution in [2.75, 3.05) is 5.32 Å². The molecule has 2 heterocycles. The fraction of sp³-hybridized carbons (Fsp3) is 0.583. The SMILES string of the molecule is c1cn2cnnc2c(NC2CCCCCC2)n1. The molecule has 0 radical (unpaired) electrons. The van der Waals surface area contributed by atoms with Gasteiger partial charge in [-0.2, -0.15) is 0 Å². The van der Waals surface area contributed by atoms with Gasteiger partial charge in [0.1, 0.15) is 6.33 Å². The number of hydrogen-bond donors (Lipinski definition) is 1. The van der Waals surface area contributed by atoms with Crippen LogP contribution in [0.5, 0.6) is 0 Å². The van der Waals surface area contributed by atoms with Gasteiger partial charge in [-0.25, -0.2) is 4.98 Å². The summed E-state index contributed by atoms with van der Waals surface area (Å²) in [6.07, 6.45) is 13.2. The predicted molar refractivity (Wildman–Crippen MR) is 65.9 cm³/mol. The minimum atomic E-state index is 0.535. The summed E-state index contributed by atoms with van der Waals surface area (Å²) in [6, 6.07) is 0.535. The summed E-state index contributed by atoms with van der Waals surface area (Å²) in [5.74, 6) is 0.858. The second-order valence-electron chi connectivity index (χ2n) is 4.67. The van der Waals surface area contributed by atoms with Gasteiger partial charge in [-0.05, 0) is 12.8 Å². The lowest BCUT2D eigenvalue weighted by atomic mass is 10.1. The maximum atomic E-state index is 4.37. The Morgan fingerprint density at radius 2 is 2.00 bits per heavy atom. The van der Waals surface area contributed by atoms with Crippen LogP contribution in [0.15, 0.2) is 18.7 Å². The van der Waals surface area contributed by atoms with Crippen molar-refractivity contribution in [3.63, 3.8) is 0 Å².